The molecule has 4 rings (SSSR count). The van der Waals surface area contributed by atoms with Gasteiger partial charge in [-0.3, -0.25) is 4.98 Å². The third-order valence-electron chi connectivity index (χ3n) is 4.67. The number of aliphatic hydroxyl groups is 1. The number of primary amides is 1. The number of fused-ring (bicyclic) bond motifs is 1. The Bertz CT molecular complexity index is 1160. The Hall–Kier alpha value is -3.77. The zero-order valence-electron chi connectivity index (χ0n) is 15.6. The lowest BCUT2D eigenvalue weighted by atomic mass is 9.96. The second-order valence-corrected chi connectivity index (χ2v) is 6.54. The van der Waals surface area contributed by atoms with Crippen LogP contribution in [-0.4, -0.2) is 21.2 Å². The minimum Gasteiger partial charge on any atom is -0.445 e. The first kappa shape index (κ1) is 18.6. The normalized spacial score (nSPS) is 10.8. The van der Waals surface area contributed by atoms with E-state index in [0.29, 0.717) is 5.69 Å². The summed E-state index contributed by atoms with van der Waals surface area (Å²) in [5, 5.41) is 10.5. The van der Waals surface area contributed by atoms with Crippen LogP contribution in [0.1, 0.15) is 11.3 Å². The van der Waals surface area contributed by atoms with E-state index in [1.165, 1.54) is 0 Å². The van der Waals surface area contributed by atoms with Gasteiger partial charge < -0.3 is 15.6 Å². The van der Waals surface area contributed by atoms with Crippen LogP contribution >= 0.6 is 0 Å². The lowest BCUT2D eigenvalue weighted by Crippen LogP contribution is -2.12. The highest BCUT2D eigenvalue weighted by Gasteiger charge is 2.13. The van der Waals surface area contributed by atoms with E-state index < -0.39 is 6.09 Å². The van der Waals surface area contributed by atoms with Gasteiger partial charge in [-0.05, 0) is 23.3 Å². The third kappa shape index (κ3) is 3.93. The molecule has 6 nitrogen and oxygen atoms in total. The van der Waals surface area contributed by atoms with E-state index in [1.807, 2.05) is 66.7 Å². The molecule has 29 heavy (non-hydrogen) atoms. The number of aliphatic hydroxyl groups excluding tert-OH is 1. The topological polar surface area (TPSA) is 98.3 Å². The van der Waals surface area contributed by atoms with Crippen LogP contribution in [0, 0.1) is 0 Å². The Labute approximate surface area is 167 Å². The standard InChI is InChI=1S/C23H19N3O3/c24-23(28)29-14-15-6-8-17(9-7-15)22-18(16-4-2-1-3-5-16)12-19-20(26-22)10-11-25-21(19)13-27/h1-12,27H,13-14H2,(H2,24,28). The highest BCUT2D eigenvalue weighted by Crippen LogP contribution is 2.34. The van der Waals surface area contributed by atoms with Crippen LogP contribution < -0.4 is 5.73 Å². The number of carbonyl (C=O) groups is 1. The number of nitrogens with two attached hydrogens (primary N) is 1. The fraction of sp³-hybridized carbons (Fsp3) is 0.0870. The second kappa shape index (κ2) is 8.08. The highest BCUT2D eigenvalue weighted by molar-refractivity contribution is 5.92. The van der Waals surface area contributed by atoms with Gasteiger partial charge in [0.05, 0.1) is 23.5 Å². The number of nitrogens with zero attached hydrogens (tertiary/aromatic N) is 2. The number of rotatable bonds is 5. The summed E-state index contributed by atoms with van der Waals surface area (Å²) in [4.78, 5) is 20.0. The lowest BCUT2D eigenvalue weighted by Gasteiger charge is -2.13. The van der Waals surface area contributed by atoms with E-state index in [4.69, 9.17) is 15.5 Å². The molecule has 4 aromatic rings. The molecule has 2 aromatic heterocycles. The van der Waals surface area contributed by atoms with E-state index in [1.54, 1.807) is 6.20 Å². The van der Waals surface area contributed by atoms with E-state index in [9.17, 15) is 9.90 Å². The average molecular weight is 385 g/mol. The second-order valence-electron chi connectivity index (χ2n) is 6.54. The van der Waals surface area contributed by atoms with E-state index in [2.05, 4.69) is 4.98 Å². The number of benzene rings is 2. The van der Waals surface area contributed by atoms with Crippen molar-refractivity contribution in [3.05, 3.63) is 84.2 Å². The molecule has 2 aromatic carbocycles. The quantitative estimate of drug-likeness (QED) is 0.540. The van der Waals surface area contributed by atoms with Gasteiger partial charge in [0, 0.05) is 22.7 Å². The summed E-state index contributed by atoms with van der Waals surface area (Å²) >= 11 is 0. The summed E-state index contributed by atoms with van der Waals surface area (Å²) in [7, 11) is 0. The molecule has 2 heterocycles. The van der Waals surface area contributed by atoms with Crippen molar-refractivity contribution in [3.63, 3.8) is 0 Å². The minimum absolute atomic E-state index is 0.123. The van der Waals surface area contributed by atoms with E-state index in [0.717, 1.165) is 38.9 Å². The monoisotopic (exact) mass is 385 g/mol. The number of carbonyl (C=O) groups excluding carboxylic acids is 1. The molecule has 0 unspecified atom stereocenters. The smallest absolute Gasteiger partial charge is 0.404 e. The van der Waals surface area contributed by atoms with Gasteiger partial charge in [0.1, 0.15) is 6.61 Å². The fourth-order valence-corrected chi connectivity index (χ4v) is 3.25. The van der Waals surface area contributed by atoms with Crippen LogP contribution in [0.3, 0.4) is 0 Å². The van der Waals surface area contributed by atoms with Gasteiger partial charge in [-0.2, -0.15) is 0 Å². The molecular formula is C23H19N3O3. The molecule has 0 saturated heterocycles. The number of aromatic nitrogens is 2. The van der Waals surface area contributed by atoms with Crippen LogP contribution in [0.4, 0.5) is 4.79 Å². The Morgan fingerprint density at radius 1 is 1.00 bits per heavy atom. The molecule has 144 valence electrons. The fourth-order valence-electron chi connectivity index (χ4n) is 3.25. The SMILES string of the molecule is NC(=O)OCc1ccc(-c2nc3ccnc(CO)c3cc2-c2ccccc2)cc1. The van der Waals surface area contributed by atoms with Gasteiger partial charge >= 0.3 is 6.09 Å². The van der Waals surface area contributed by atoms with Gasteiger partial charge in [-0.25, -0.2) is 9.78 Å². The Kier molecular flexibility index (Phi) is 5.18. The molecule has 0 radical (unpaired) electrons. The number of amides is 1. The first-order valence-corrected chi connectivity index (χ1v) is 9.12. The molecule has 6 heteroatoms. The van der Waals surface area contributed by atoms with Crippen molar-refractivity contribution in [3.8, 4) is 22.4 Å². The molecule has 0 saturated carbocycles. The molecule has 0 bridgehead atoms. The Balaban J connectivity index is 1.85. The summed E-state index contributed by atoms with van der Waals surface area (Å²) in [6.45, 7) is -0.0288. The van der Waals surface area contributed by atoms with Crippen molar-refractivity contribution in [2.75, 3.05) is 0 Å². The number of hydrogen-bond acceptors (Lipinski definition) is 5. The van der Waals surface area contributed by atoms with Gasteiger partial charge in [0.2, 0.25) is 0 Å². The van der Waals surface area contributed by atoms with Crippen molar-refractivity contribution in [2.24, 2.45) is 5.73 Å². The van der Waals surface area contributed by atoms with Crippen LogP contribution in [0.5, 0.6) is 0 Å². The summed E-state index contributed by atoms with van der Waals surface area (Å²) in [6, 6.07) is 21.5. The Morgan fingerprint density at radius 3 is 2.45 bits per heavy atom. The summed E-state index contributed by atoms with van der Waals surface area (Å²) in [5.41, 5.74) is 10.9. The van der Waals surface area contributed by atoms with E-state index >= 15 is 0 Å². The summed E-state index contributed by atoms with van der Waals surface area (Å²) in [6.07, 6.45) is 0.849. The van der Waals surface area contributed by atoms with Gasteiger partial charge in [-0.15, -0.1) is 0 Å². The maximum absolute atomic E-state index is 10.8. The maximum Gasteiger partial charge on any atom is 0.404 e. The van der Waals surface area contributed by atoms with Crippen molar-refractivity contribution in [1.29, 1.82) is 0 Å². The molecule has 0 atom stereocenters. The largest absolute Gasteiger partial charge is 0.445 e. The van der Waals surface area contributed by atoms with Gasteiger partial charge in [0.25, 0.3) is 0 Å². The zero-order valence-corrected chi connectivity index (χ0v) is 15.6. The molecule has 3 N–H and O–H groups in total. The van der Waals surface area contributed by atoms with Gasteiger partial charge in [-0.1, -0.05) is 54.6 Å². The van der Waals surface area contributed by atoms with Crippen LogP contribution in [0.25, 0.3) is 33.3 Å². The molecular weight excluding hydrogens is 366 g/mol. The number of pyridine rings is 2. The minimum atomic E-state index is -0.801. The summed E-state index contributed by atoms with van der Waals surface area (Å²) < 4.78 is 4.84. The third-order valence-corrected chi connectivity index (χ3v) is 4.67. The molecule has 0 aliphatic rings. The van der Waals surface area contributed by atoms with Crippen molar-refractivity contribution < 1.29 is 14.6 Å². The number of hydrogen-bond donors (Lipinski definition) is 2. The molecule has 0 spiro atoms. The van der Waals surface area contributed by atoms with E-state index in [-0.39, 0.29) is 13.2 Å². The number of ether oxygens (including phenoxy) is 1. The van der Waals surface area contributed by atoms with Crippen LogP contribution in [0.15, 0.2) is 72.9 Å². The molecule has 0 aliphatic heterocycles. The van der Waals surface area contributed by atoms with Crippen LogP contribution in [0.2, 0.25) is 0 Å². The first-order chi connectivity index (χ1) is 14.2. The van der Waals surface area contributed by atoms with Crippen molar-refractivity contribution in [2.45, 2.75) is 13.2 Å². The molecule has 1 amide bonds. The Morgan fingerprint density at radius 2 is 1.76 bits per heavy atom. The first-order valence-electron chi connectivity index (χ1n) is 9.12. The lowest BCUT2D eigenvalue weighted by molar-refractivity contribution is 0.150. The molecule has 0 fully saturated rings. The predicted molar refractivity (Wildman–Crippen MR) is 111 cm³/mol. The highest BCUT2D eigenvalue weighted by atomic mass is 16.5. The summed E-state index contributed by atoms with van der Waals surface area (Å²) in [5.74, 6) is 0. The van der Waals surface area contributed by atoms with Crippen molar-refractivity contribution >= 4 is 17.0 Å². The predicted octanol–water partition coefficient (Wildman–Crippen LogP) is 4.05. The van der Waals surface area contributed by atoms with Gasteiger partial charge in [0.15, 0.2) is 0 Å². The van der Waals surface area contributed by atoms with Crippen LogP contribution in [-0.2, 0) is 18.0 Å². The molecule has 0 aliphatic carbocycles. The van der Waals surface area contributed by atoms with Crippen molar-refractivity contribution in [1.82, 2.24) is 9.97 Å². The average Bonchev–Trinajstić information content (AvgIpc) is 2.77. The zero-order chi connectivity index (χ0) is 20.2. The maximum atomic E-state index is 10.8.